The summed E-state index contributed by atoms with van der Waals surface area (Å²) in [5.74, 6) is 0.0443. The van der Waals surface area contributed by atoms with Crippen molar-refractivity contribution in [2.24, 2.45) is 0 Å². The zero-order valence-electron chi connectivity index (χ0n) is 15.4. The van der Waals surface area contributed by atoms with E-state index in [-0.39, 0.29) is 11.7 Å². The summed E-state index contributed by atoms with van der Waals surface area (Å²) in [6.07, 6.45) is 2.32. The molecular formula is C22H19FN4O. The Morgan fingerprint density at radius 3 is 2.57 bits per heavy atom. The van der Waals surface area contributed by atoms with Crippen LogP contribution in [-0.4, -0.2) is 27.4 Å². The van der Waals surface area contributed by atoms with Crippen molar-refractivity contribution >= 4 is 17.1 Å². The van der Waals surface area contributed by atoms with Gasteiger partial charge in [0.1, 0.15) is 11.6 Å². The van der Waals surface area contributed by atoms with Gasteiger partial charge < -0.3 is 10.3 Å². The molecule has 0 spiro atoms. The van der Waals surface area contributed by atoms with E-state index >= 15 is 0 Å². The van der Waals surface area contributed by atoms with Crippen LogP contribution in [0.25, 0.3) is 22.6 Å². The third-order valence-corrected chi connectivity index (χ3v) is 4.57. The van der Waals surface area contributed by atoms with E-state index < -0.39 is 0 Å². The van der Waals surface area contributed by atoms with Gasteiger partial charge in [-0.3, -0.25) is 4.79 Å². The molecule has 6 heteroatoms. The quantitative estimate of drug-likeness (QED) is 0.554. The Kier molecular flexibility index (Phi) is 4.85. The maximum Gasteiger partial charge on any atom is 0.253 e. The van der Waals surface area contributed by atoms with Crippen LogP contribution < -0.4 is 5.32 Å². The third-order valence-electron chi connectivity index (χ3n) is 4.57. The molecule has 0 bridgehead atoms. The molecule has 4 aromatic rings. The predicted molar refractivity (Wildman–Crippen MR) is 106 cm³/mol. The van der Waals surface area contributed by atoms with Crippen molar-refractivity contribution in [2.45, 2.75) is 13.3 Å². The molecule has 2 aromatic heterocycles. The first-order valence-corrected chi connectivity index (χ1v) is 9.04. The Bertz CT molecular complexity index is 1120. The Labute approximate surface area is 161 Å². The first-order valence-electron chi connectivity index (χ1n) is 9.04. The van der Waals surface area contributed by atoms with Gasteiger partial charge in [-0.15, -0.1) is 0 Å². The first-order chi connectivity index (χ1) is 13.6. The van der Waals surface area contributed by atoms with Gasteiger partial charge in [0.2, 0.25) is 0 Å². The van der Waals surface area contributed by atoms with Gasteiger partial charge in [0.15, 0.2) is 5.65 Å². The number of amides is 1. The summed E-state index contributed by atoms with van der Waals surface area (Å²) in [5.41, 5.74) is 4.61. The van der Waals surface area contributed by atoms with Crippen LogP contribution in [0.3, 0.4) is 0 Å². The minimum Gasteiger partial charge on any atom is -0.352 e. The van der Waals surface area contributed by atoms with Crippen molar-refractivity contribution in [1.82, 2.24) is 20.3 Å². The molecular weight excluding hydrogens is 355 g/mol. The summed E-state index contributed by atoms with van der Waals surface area (Å²) >= 11 is 0. The number of nitrogens with zero attached hydrogens (tertiary/aromatic N) is 2. The molecule has 0 radical (unpaired) electrons. The van der Waals surface area contributed by atoms with Crippen molar-refractivity contribution in [3.8, 4) is 11.4 Å². The SMILES string of the molecule is Cc1ccc(CCNC(=O)c2ccnc3nc(-c4ccc(F)cc4)[nH]c23)cc1. The number of hydrogen-bond acceptors (Lipinski definition) is 3. The number of rotatable bonds is 5. The van der Waals surface area contributed by atoms with Crippen LogP contribution in [0, 0.1) is 12.7 Å². The Morgan fingerprint density at radius 1 is 1.07 bits per heavy atom. The lowest BCUT2D eigenvalue weighted by Crippen LogP contribution is -2.26. The summed E-state index contributed by atoms with van der Waals surface area (Å²) in [6.45, 7) is 2.58. The third kappa shape index (κ3) is 3.76. The number of H-pyrrole nitrogens is 1. The molecule has 5 nitrogen and oxygen atoms in total. The molecule has 0 saturated carbocycles. The second kappa shape index (κ2) is 7.60. The highest BCUT2D eigenvalue weighted by Crippen LogP contribution is 2.21. The Hall–Kier alpha value is -3.54. The van der Waals surface area contributed by atoms with E-state index in [1.165, 1.54) is 23.3 Å². The number of nitrogens with one attached hydrogen (secondary N) is 2. The molecule has 0 aliphatic carbocycles. The highest BCUT2D eigenvalue weighted by Gasteiger charge is 2.15. The number of benzene rings is 2. The van der Waals surface area contributed by atoms with Crippen LogP contribution in [0.15, 0.2) is 60.8 Å². The molecule has 2 aromatic carbocycles. The van der Waals surface area contributed by atoms with E-state index in [0.29, 0.717) is 29.1 Å². The smallest absolute Gasteiger partial charge is 0.253 e. The molecule has 0 atom stereocenters. The van der Waals surface area contributed by atoms with E-state index in [2.05, 4.69) is 44.5 Å². The van der Waals surface area contributed by atoms with Crippen LogP contribution in [0.5, 0.6) is 0 Å². The average molecular weight is 374 g/mol. The molecule has 28 heavy (non-hydrogen) atoms. The van der Waals surface area contributed by atoms with Gasteiger partial charge in [-0.2, -0.15) is 0 Å². The molecule has 140 valence electrons. The number of fused-ring (bicyclic) bond motifs is 1. The van der Waals surface area contributed by atoms with Crippen molar-refractivity contribution in [3.63, 3.8) is 0 Å². The number of aromatic nitrogens is 3. The highest BCUT2D eigenvalue weighted by molar-refractivity contribution is 6.04. The van der Waals surface area contributed by atoms with Crippen LogP contribution >= 0.6 is 0 Å². The zero-order valence-corrected chi connectivity index (χ0v) is 15.4. The molecule has 0 saturated heterocycles. The summed E-state index contributed by atoms with van der Waals surface area (Å²) in [6, 6.07) is 15.9. The number of carbonyl (C=O) groups is 1. The van der Waals surface area contributed by atoms with E-state index in [9.17, 15) is 9.18 Å². The number of aromatic amines is 1. The summed E-state index contributed by atoms with van der Waals surface area (Å²) in [5, 5.41) is 2.95. The lowest BCUT2D eigenvalue weighted by atomic mass is 10.1. The monoisotopic (exact) mass is 374 g/mol. The van der Waals surface area contributed by atoms with Crippen molar-refractivity contribution < 1.29 is 9.18 Å². The number of imidazole rings is 1. The predicted octanol–water partition coefficient (Wildman–Crippen LogP) is 4.04. The van der Waals surface area contributed by atoms with Crippen molar-refractivity contribution in [3.05, 3.63) is 83.3 Å². The van der Waals surface area contributed by atoms with E-state index in [1.54, 1.807) is 24.4 Å². The van der Waals surface area contributed by atoms with Crippen LogP contribution in [0.2, 0.25) is 0 Å². The van der Waals surface area contributed by atoms with Gasteiger partial charge in [-0.25, -0.2) is 14.4 Å². The lowest BCUT2D eigenvalue weighted by molar-refractivity contribution is 0.0955. The van der Waals surface area contributed by atoms with E-state index in [0.717, 1.165) is 12.0 Å². The van der Waals surface area contributed by atoms with Gasteiger partial charge in [0.25, 0.3) is 5.91 Å². The van der Waals surface area contributed by atoms with Crippen LogP contribution in [0.1, 0.15) is 21.5 Å². The van der Waals surface area contributed by atoms with Crippen molar-refractivity contribution in [1.29, 1.82) is 0 Å². The largest absolute Gasteiger partial charge is 0.352 e. The van der Waals surface area contributed by atoms with E-state index in [4.69, 9.17) is 0 Å². The maximum atomic E-state index is 13.1. The van der Waals surface area contributed by atoms with Crippen LogP contribution in [-0.2, 0) is 6.42 Å². The van der Waals surface area contributed by atoms with Crippen LogP contribution in [0.4, 0.5) is 4.39 Å². The second-order valence-corrected chi connectivity index (χ2v) is 6.64. The van der Waals surface area contributed by atoms with Gasteiger partial charge in [-0.05, 0) is 49.2 Å². The standard InChI is InChI=1S/C22H19FN4O/c1-14-2-4-15(5-3-14)10-12-25-22(28)18-11-13-24-21-19(18)26-20(27-21)16-6-8-17(23)9-7-16/h2-9,11,13H,10,12H2,1H3,(H,25,28)(H,24,26,27). The zero-order chi connectivity index (χ0) is 19.5. The highest BCUT2D eigenvalue weighted by atomic mass is 19.1. The number of hydrogen-bond donors (Lipinski definition) is 2. The maximum absolute atomic E-state index is 13.1. The molecule has 0 aliphatic heterocycles. The molecule has 0 unspecified atom stereocenters. The molecule has 2 N–H and O–H groups in total. The molecule has 4 rings (SSSR count). The fourth-order valence-electron chi connectivity index (χ4n) is 3.02. The van der Waals surface area contributed by atoms with Gasteiger partial charge in [-0.1, -0.05) is 29.8 Å². The molecule has 2 heterocycles. The summed E-state index contributed by atoms with van der Waals surface area (Å²) in [7, 11) is 0. The normalized spacial score (nSPS) is 10.9. The van der Waals surface area contributed by atoms with Gasteiger partial charge in [0, 0.05) is 18.3 Å². The number of carbonyl (C=O) groups excluding carboxylic acids is 1. The molecule has 0 aliphatic rings. The molecule has 0 fully saturated rings. The Balaban J connectivity index is 1.52. The summed E-state index contributed by atoms with van der Waals surface area (Å²) < 4.78 is 13.1. The topological polar surface area (TPSA) is 70.7 Å². The van der Waals surface area contributed by atoms with Gasteiger partial charge >= 0.3 is 0 Å². The fraction of sp³-hybridized carbons (Fsp3) is 0.136. The van der Waals surface area contributed by atoms with Gasteiger partial charge in [0.05, 0.1) is 11.1 Å². The minimum atomic E-state index is -0.313. The molecule has 1 amide bonds. The Morgan fingerprint density at radius 2 is 1.82 bits per heavy atom. The number of pyridine rings is 1. The number of aryl methyl sites for hydroxylation is 1. The minimum absolute atomic E-state index is 0.186. The summed E-state index contributed by atoms with van der Waals surface area (Å²) in [4.78, 5) is 24.4. The second-order valence-electron chi connectivity index (χ2n) is 6.64. The number of halogens is 1. The van der Waals surface area contributed by atoms with Crippen molar-refractivity contribution in [2.75, 3.05) is 6.54 Å². The first kappa shape index (κ1) is 17.9. The van der Waals surface area contributed by atoms with E-state index in [1.807, 2.05) is 6.92 Å². The lowest BCUT2D eigenvalue weighted by Gasteiger charge is -2.06. The fourth-order valence-corrected chi connectivity index (χ4v) is 3.02. The average Bonchev–Trinajstić information content (AvgIpc) is 3.14.